The summed E-state index contributed by atoms with van der Waals surface area (Å²) in [6.07, 6.45) is 4.40. The van der Waals surface area contributed by atoms with Gasteiger partial charge in [-0.2, -0.15) is 0 Å². The van der Waals surface area contributed by atoms with Gasteiger partial charge in [-0.25, -0.2) is 4.98 Å². The fraction of sp³-hybridized carbons (Fsp3) is 0.429. The van der Waals surface area contributed by atoms with Gasteiger partial charge < -0.3 is 14.7 Å². The molecule has 1 aromatic heterocycles. The van der Waals surface area contributed by atoms with Crippen molar-refractivity contribution in [1.29, 1.82) is 0 Å². The maximum atomic E-state index is 12.8. The van der Waals surface area contributed by atoms with E-state index in [9.17, 15) is 9.59 Å². The molecule has 0 unspecified atom stereocenters. The van der Waals surface area contributed by atoms with E-state index in [0.717, 1.165) is 12.0 Å². The zero-order valence-corrected chi connectivity index (χ0v) is 16.7. The molecule has 28 heavy (non-hydrogen) atoms. The monoisotopic (exact) mass is 381 g/mol. The number of hydrogen-bond donors (Lipinski definition) is 0. The maximum absolute atomic E-state index is 12.8. The molecule has 0 bridgehead atoms. The van der Waals surface area contributed by atoms with E-state index in [1.807, 2.05) is 35.2 Å². The number of anilines is 1. The van der Waals surface area contributed by atoms with Gasteiger partial charge in [-0.3, -0.25) is 14.6 Å². The molecule has 2 aromatic rings. The highest BCUT2D eigenvalue weighted by molar-refractivity contribution is 5.92. The normalized spacial score (nSPS) is 17.4. The molecule has 1 aromatic carbocycles. The van der Waals surface area contributed by atoms with Crippen LogP contribution in [0, 0.1) is 0 Å². The Labute approximate surface area is 166 Å². The Morgan fingerprint density at radius 3 is 2.64 bits per heavy atom. The second-order valence-corrected chi connectivity index (χ2v) is 7.23. The van der Waals surface area contributed by atoms with E-state index < -0.39 is 0 Å². The Morgan fingerprint density at radius 1 is 1.21 bits per heavy atom. The van der Waals surface area contributed by atoms with Crippen LogP contribution >= 0.6 is 0 Å². The molecular formula is C21H27N5O2. The fourth-order valence-corrected chi connectivity index (χ4v) is 3.42. The van der Waals surface area contributed by atoms with Crippen molar-refractivity contribution < 1.29 is 9.59 Å². The van der Waals surface area contributed by atoms with E-state index in [1.54, 1.807) is 20.3 Å². The van der Waals surface area contributed by atoms with Crippen LogP contribution in [0.2, 0.25) is 0 Å². The van der Waals surface area contributed by atoms with E-state index in [4.69, 9.17) is 0 Å². The number of hydrogen-bond acceptors (Lipinski definition) is 5. The molecule has 2 heterocycles. The van der Waals surface area contributed by atoms with Gasteiger partial charge in [0, 0.05) is 46.2 Å². The predicted molar refractivity (Wildman–Crippen MR) is 108 cm³/mol. The minimum absolute atomic E-state index is 0.0743. The summed E-state index contributed by atoms with van der Waals surface area (Å²) in [6, 6.07) is 10.1. The van der Waals surface area contributed by atoms with Gasteiger partial charge >= 0.3 is 0 Å². The van der Waals surface area contributed by atoms with Crippen LogP contribution in [-0.4, -0.2) is 64.8 Å². The fourth-order valence-electron chi connectivity index (χ4n) is 3.42. The van der Waals surface area contributed by atoms with Crippen LogP contribution in [-0.2, 0) is 11.3 Å². The quantitative estimate of drug-likeness (QED) is 0.794. The lowest BCUT2D eigenvalue weighted by molar-refractivity contribution is -0.133. The van der Waals surface area contributed by atoms with Gasteiger partial charge in [-0.05, 0) is 12.0 Å². The van der Waals surface area contributed by atoms with Gasteiger partial charge in [0.25, 0.3) is 5.91 Å². The first-order valence-corrected chi connectivity index (χ1v) is 9.61. The van der Waals surface area contributed by atoms with E-state index in [2.05, 4.69) is 21.8 Å². The smallest absolute Gasteiger partial charge is 0.273 e. The second kappa shape index (κ2) is 8.82. The van der Waals surface area contributed by atoms with Crippen molar-refractivity contribution >= 4 is 17.6 Å². The predicted octanol–water partition coefficient (Wildman–Crippen LogP) is 2.20. The van der Waals surface area contributed by atoms with Crippen molar-refractivity contribution in [2.75, 3.05) is 32.1 Å². The van der Waals surface area contributed by atoms with Crippen molar-refractivity contribution in [3.63, 3.8) is 0 Å². The van der Waals surface area contributed by atoms with Crippen molar-refractivity contribution in [3.05, 3.63) is 54.0 Å². The van der Waals surface area contributed by atoms with E-state index >= 15 is 0 Å². The minimum Gasteiger partial charge on any atom is -0.353 e. The van der Waals surface area contributed by atoms with Crippen molar-refractivity contribution in [2.24, 2.45) is 0 Å². The van der Waals surface area contributed by atoms with E-state index in [1.165, 1.54) is 11.1 Å². The highest BCUT2D eigenvalue weighted by atomic mass is 16.2. The van der Waals surface area contributed by atoms with Crippen LogP contribution in [0.15, 0.2) is 42.7 Å². The molecule has 0 saturated carbocycles. The number of rotatable bonds is 5. The summed E-state index contributed by atoms with van der Waals surface area (Å²) < 4.78 is 0. The highest BCUT2D eigenvalue weighted by Crippen LogP contribution is 2.21. The summed E-state index contributed by atoms with van der Waals surface area (Å²) in [6.45, 7) is 3.94. The molecule has 1 aliphatic rings. The summed E-state index contributed by atoms with van der Waals surface area (Å²) in [7, 11) is 3.38. The number of carbonyl (C=O) groups is 2. The third-order valence-electron chi connectivity index (χ3n) is 5.03. The van der Waals surface area contributed by atoms with Crippen molar-refractivity contribution in [3.8, 4) is 0 Å². The molecule has 0 spiro atoms. The molecular weight excluding hydrogens is 354 g/mol. The standard InChI is InChI=1S/C21H27N5O2/c1-4-17-15-25(19-13-22-12-18(23-19)21(28)24(2)3)11-10-20(27)26(17)14-16-8-6-5-7-9-16/h5-9,12-13,17H,4,10-11,14-15H2,1-3H3/t17-/m0/s1. The molecule has 0 aliphatic carbocycles. The van der Waals surface area contributed by atoms with Crippen LogP contribution in [0.25, 0.3) is 0 Å². The zero-order chi connectivity index (χ0) is 20.1. The summed E-state index contributed by atoms with van der Waals surface area (Å²) in [5.74, 6) is 0.602. The third kappa shape index (κ3) is 4.47. The van der Waals surface area contributed by atoms with Crippen LogP contribution in [0.4, 0.5) is 5.82 Å². The highest BCUT2D eigenvalue weighted by Gasteiger charge is 2.29. The second-order valence-electron chi connectivity index (χ2n) is 7.23. The molecule has 7 nitrogen and oxygen atoms in total. The number of benzene rings is 1. The molecule has 1 fully saturated rings. The Hall–Kier alpha value is -2.96. The van der Waals surface area contributed by atoms with Crippen LogP contribution < -0.4 is 4.90 Å². The Bertz CT molecular complexity index is 825. The first-order valence-electron chi connectivity index (χ1n) is 9.61. The topological polar surface area (TPSA) is 69.6 Å². The van der Waals surface area contributed by atoms with Crippen molar-refractivity contribution in [1.82, 2.24) is 19.8 Å². The zero-order valence-electron chi connectivity index (χ0n) is 16.7. The average molecular weight is 381 g/mol. The van der Waals surface area contributed by atoms with Gasteiger partial charge in [0.15, 0.2) is 0 Å². The molecule has 148 valence electrons. The van der Waals surface area contributed by atoms with Gasteiger partial charge in [0.05, 0.1) is 12.4 Å². The number of amides is 2. The van der Waals surface area contributed by atoms with E-state index in [0.29, 0.717) is 37.6 Å². The summed E-state index contributed by atoms with van der Waals surface area (Å²) in [5, 5.41) is 0. The Balaban J connectivity index is 1.81. The molecule has 3 rings (SSSR count). The molecule has 0 N–H and O–H groups in total. The molecule has 7 heteroatoms. The molecule has 1 saturated heterocycles. The first kappa shape index (κ1) is 19.8. The maximum Gasteiger partial charge on any atom is 0.273 e. The molecule has 0 radical (unpaired) electrons. The lowest BCUT2D eigenvalue weighted by atomic mass is 10.1. The SMILES string of the molecule is CC[C@H]1CN(c2cncc(C(=O)N(C)C)n2)CCC(=O)N1Cc1ccccc1. The summed E-state index contributed by atoms with van der Waals surface area (Å²) in [4.78, 5) is 39.3. The van der Waals surface area contributed by atoms with Gasteiger partial charge in [-0.1, -0.05) is 37.3 Å². The lowest BCUT2D eigenvalue weighted by Crippen LogP contribution is -2.42. The average Bonchev–Trinajstić information content (AvgIpc) is 2.87. The van der Waals surface area contributed by atoms with Gasteiger partial charge in [0.1, 0.15) is 11.5 Å². The van der Waals surface area contributed by atoms with Crippen LogP contribution in [0.3, 0.4) is 0 Å². The number of nitrogens with zero attached hydrogens (tertiary/aromatic N) is 5. The van der Waals surface area contributed by atoms with Gasteiger partial charge in [-0.15, -0.1) is 0 Å². The van der Waals surface area contributed by atoms with E-state index in [-0.39, 0.29) is 17.9 Å². The first-order chi connectivity index (χ1) is 13.5. The number of carbonyl (C=O) groups excluding carboxylic acids is 2. The van der Waals surface area contributed by atoms with Crippen LogP contribution in [0.5, 0.6) is 0 Å². The Kier molecular flexibility index (Phi) is 6.23. The molecule has 1 aliphatic heterocycles. The minimum atomic E-state index is -0.182. The summed E-state index contributed by atoms with van der Waals surface area (Å²) in [5.41, 5.74) is 1.44. The molecule has 1 atom stereocenters. The van der Waals surface area contributed by atoms with Crippen molar-refractivity contribution in [2.45, 2.75) is 32.4 Å². The molecule has 2 amide bonds. The largest absolute Gasteiger partial charge is 0.353 e. The lowest BCUT2D eigenvalue weighted by Gasteiger charge is -2.31. The van der Waals surface area contributed by atoms with Gasteiger partial charge in [0.2, 0.25) is 5.91 Å². The third-order valence-corrected chi connectivity index (χ3v) is 5.03. The van der Waals surface area contributed by atoms with Crippen LogP contribution in [0.1, 0.15) is 35.8 Å². The Morgan fingerprint density at radius 2 is 1.96 bits per heavy atom. The summed E-state index contributed by atoms with van der Waals surface area (Å²) >= 11 is 0. The number of aromatic nitrogens is 2.